The Hall–Kier alpha value is -1.63. The van der Waals surface area contributed by atoms with Crippen LogP contribution in [0.1, 0.15) is 20.3 Å². The number of carbonyl (C=O) groups excluding carboxylic acids is 2. The van der Waals surface area contributed by atoms with Gasteiger partial charge in [0.2, 0.25) is 11.8 Å². The molecular weight excluding hydrogens is 226 g/mol. The van der Waals surface area contributed by atoms with Crippen LogP contribution in [0, 0.1) is 0 Å². The Balaban J connectivity index is 3.85. The van der Waals surface area contributed by atoms with E-state index in [2.05, 4.69) is 16.0 Å². The summed E-state index contributed by atoms with van der Waals surface area (Å²) in [6.45, 7) is 3.81. The summed E-state index contributed by atoms with van der Waals surface area (Å²) >= 11 is 0. The number of carbonyl (C=O) groups is 3. The lowest BCUT2D eigenvalue weighted by Crippen LogP contribution is -2.48. The van der Waals surface area contributed by atoms with Gasteiger partial charge in [-0.05, 0) is 6.42 Å². The molecule has 0 saturated carbocycles. The van der Waals surface area contributed by atoms with Crippen molar-refractivity contribution in [1.29, 1.82) is 0 Å². The number of hydrogen-bond donors (Lipinski definition) is 4. The van der Waals surface area contributed by atoms with E-state index in [1.54, 1.807) is 0 Å². The molecule has 0 fully saturated rings. The molecule has 0 rings (SSSR count). The summed E-state index contributed by atoms with van der Waals surface area (Å²) in [7, 11) is 0. The molecule has 2 amide bonds. The summed E-state index contributed by atoms with van der Waals surface area (Å²) in [4.78, 5) is 32.6. The van der Waals surface area contributed by atoms with Crippen molar-refractivity contribution in [3.05, 3.63) is 0 Å². The molecule has 0 aliphatic rings. The van der Waals surface area contributed by atoms with E-state index in [-0.39, 0.29) is 19.0 Å². The molecular formula is C10H19N3O4. The molecule has 0 bridgehead atoms. The molecule has 7 nitrogen and oxygen atoms in total. The SMILES string of the molecule is CCCNC(=O)CNCC(NC(C)=O)C(=O)O. The van der Waals surface area contributed by atoms with Crippen LogP contribution in [0.25, 0.3) is 0 Å². The minimum absolute atomic E-state index is 0.00839. The number of rotatable bonds is 8. The molecule has 0 radical (unpaired) electrons. The Morgan fingerprint density at radius 1 is 1.29 bits per heavy atom. The van der Waals surface area contributed by atoms with Crippen LogP contribution in [-0.4, -0.2) is 48.6 Å². The second-order valence-corrected chi connectivity index (χ2v) is 3.57. The predicted octanol–water partition coefficient (Wildman–Crippen LogP) is -1.31. The van der Waals surface area contributed by atoms with Crippen LogP contribution in [0.2, 0.25) is 0 Å². The van der Waals surface area contributed by atoms with Crippen LogP contribution < -0.4 is 16.0 Å². The molecule has 0 aromatic carbocycles. The first kappa shape index (κ1) is 15.4. The lowest BCUT2D eigenvalue weighted by molar-refractivity contribution is -0.141. The molecule has 98 valence electrons. The summed E-state index contributed by atoms with van der Waals surface area (Å²) in [6, 6.07) is -1.02. The summed E-state index contributed by atoms with van der Waals surface area (Å²) in [5.74, 6) is -1.75. The van der Waals surface area contributed by atoms with Crippen LogP contribution in [0.5, 0.6) is 0 Å². The number of aliphatic carboxylic acids is 1. The van der Waals surface area contributed by atoms with Gasteiger partial charge in [-0.2, -0.15) is 0 Å². The first-order valence-electron chi connectivity index (χ1n) is 5.44. The van der Waals surface area contributed by atoms with Gasteiger partial charge in [0.15, 0.2) is 0 Å². The standard InChI is InChI=1S/C10H19N3O4/c1-3-4-12-9(15)6-11-5-8(10(16)17)13-7(2)14/h8,11H,3-6H2,1-2H3,(H,12,15)(H,13,14)(H,16,17). The molecule has 0 aromatic heterocycles. The quantitative estimate of drug-likeness (QED) is 0.425. The second kappa shape index (κ2) is 8.51. The number of nitrogens with one attached hydrogen (secondary N) is 3. The molecule has 7 heteroatoms. The van der Waals surface area contributed by atoms with E-state index in [1.807, 2.05) is 6.92 Å². The lowest BCUT2D eigenvalue weighted by Gasteiger charge is -2.13. The fourth-order valence-electron chi connectivity index (χ4n) is 1.10. The van der Waals surface area contributed by atoms with Crippen LogP contribution in [0.3, 0.4) is 0 Å². The van der Waals surface area contributed by atoms with E-state index < -0.39 is 17.9 Å². The predicted molar refractivity (Wildman–Crippen MR) is 61.4 cm³/mol. The van der Waals surface area contributed by atoms with Crippen LogP contribution in [0.4, 0.5) is 0 Å². The zero-order valence-electron chi connectivity index (χ0n) is 10.1. The molecule has 0 heterocycles. The van der Waals surface area contributed by atoms with E-state index in [9.17, 15) is 14.4 Å². The van der Waals surface area contributed by atoms with Crippen LogP contribution in [0.15, 0.2) is 0 Å². The van der Waals surface area contributed by atoms with Crippen molar-refractivity contribution in [2.24, 2.45) is 0 Å². The average Bonchev–Trinajstić information content (AvgIpc) is 2.24. The van der Waals surface area contributed by atoms with Gasteiger partial charge in [0, 0.05) is 20.0 Å². The number of hydrogen-bond acceptors (Lipinski definition) is 4. The van der Waals surface area contributed by atoms with E-state index in [0.717, 1.165) is 6.42 Å². The zero-order chi connectivity index (χ0) is 13.3. The highest BCUT2D eigenvalue weighted by Gasteiger charge is 2.17. The molecule has 0 aromatic rings. The van der Waals surface area contributed by atoms with Gasteiger partial charge in [0.25, 0.3) is 0 Å². The van der Waals surface area contributed by atoms with Crippen molar-refractivity contribution in [3.8, 4) is 0 Å². The van der Waals surface area contributed by atoms with E-state index in [1.165, 1.54) is 6.92 Å². The zero-order valence-corrected chi connectivity index (χ0v) is 10.1. The highest BCUT2D eigenvalue weighted by molar-refractivity contribution is 5.82. The Morgan fingerprint density at radius 3 is 2.41 bits per heavy atom. The molecule has 0 aliphatic heterocycles. The maximum atomic E-state index is 11.2. The fraction of sp³-hybridized carbons (Fsp3) is 0.700. The van der Waals surface area contributed by atoms with E-state index in [0.29, 0.717) is 6.54 Å². The van der Waals surface area contributed by atoms with Crippen molar-refractivity contribution in [3.63, 3.8) is 0 Å². The lowest BCUT2D eigenvalue weighted by atomic mass is 10.3. The Bertz CT molecular complexity index is 281. The number of amides is 2. The van der Waals surface area contributed by atoms with Gasteiger partial charge in [0.1, 0.15) is 6.04 Å². The molecule has 1 atom stereocenters. The van der Waals surface area contributed by atoms with Gasteiger partial charge < -0.3 is 21.1 Å². The monoisotopic (exact) mass is 245 g/mol. The minimum atomic E-state index is -1.14. The van der Waals surface area contributed by atoms with E-state index in [4.69, 9.17) is 5.11 Å². The molecule has 0 aliphatic carbocycles. The maximum absolute atomic E-state index is 11.2. The van der Waals surface area contributed by atoms with Crippen molar-refractivity contribution in [1.82, 2.24) is 16.0 Å². The third kappa shape index (κ3) is 8.21. The Labute approximate surface area is 100.0 Å². The van der Waals surface area contributed by atoms with Gasteiger partial charge in [-0.15, -0.1) is 0 Å². The largest absolute Gasteiger partial charge is 0.480 e. The summed E-state index contributed by atoms with van der Waals surface area (Å²) < 4.78 is 0. The summed E-state index contributed by atoms with van der Waals surface area (Å²) in [5.41, 5.74) is 0. The minimum Gasteiger partial charge on any atom is -0.480 e. The van der Waals surface area contributed by atoms with Crippen LogP contribution >= 0.6 is 0 Å². The second-order valence-electron chi connectivity index (χ2n) is 3.57. The summed E-state index contributed by atoms with van der Waals surface area (Å²) in [6.07, 6.45) is 0.843. The average molecular weight is 245 g/mol. The highest BCUT2D eigenvalue weighted by atomic mass is 16.4. The summed E-state index contributed by atoms with van der Waals surface area (Å²) in [5, 5.41) is 16.4. The third-order valence-corrected chi connectivity index (χ3v) is 1.88. The molecule has 0 saturated heterocycles. The number of carboxylic acids is 1. The van der Waals surface area contributed by atoms with Crippen molar-refractivity contribution in [2.45, 2.75) is 26.3 Å². The van der Waals surface area contributed by atoms with Gasteiger partial charge in [-0.1, -0.05) is 6.92 Å². The first-order valence-corrected chi connectivity index (χ1v) is 5.44. The Kier molecular flexibility index (Phi) is 7.70. The molecule has 4 N–H and O–H groups in total. The van der Waals surface area contributed by atoms with Crippen molar-refractivity contribution in [2.75, 3.05) is 19.6 Å². The van der Waals surface area contributed by atoms with Gasteiger partial charge >= 0.3 is 5.97 Å². The van der Waals surface area contributed by atoms with Crippen LogP contribution in [-0.2, 0) is 14.4 Å². The molecule has 1 unspecified atom stereocenters. The molecule has 0 spiro atoms. The fourth-order valence-corrected chi connectivity index (χ4v) is 1.10. The maximum Gasteiger partial charge on any atom is 0.327 e. The van der Waals surface area contributed by atoms with Gasteiger partial charge in [0.05, 0.1) is 6.54 Å². The third-order valence-electron chi connectivity index (χ3n) is 1.88. The number of carboxylic acid groups (broad SMARTS) is 1. The van der Waals surface area contributed by atoms with Gasteiger partial charge in [-0.25, -0.2) is 4.79 Å². The Morgan fingerprint density at radius 2 is 1.94 bits per heavy atom. The smallest absolute Gasteiger partial charge is 0.327 e. The first-order chi connectivity index (χ1) is 7.97. The topological polar surface area (TPSA) is 108 Å². The van der Waals surface area contributed by atoms with Crippen molar-refractivity contribution >= 4 is 17.8 Å². The molecule has 17 heavy (non-hydrogen) atoms. The van der Waals surface area contributed by atoms with Gasteiger partial charge in [-0.3, -0.25) is 9.59 Å². The van der Waals surface area contributed by atoms with Crippen molar-refractivity contribution < 1.29 is 19.5 Å². The normalized spacial score (nSPS) is 11.6. The highest BCUT2D eigenvalue weighted by Crippen LogP contribution is 1.82. The van der Waals surface area contributed by atoms with E-state index >= 15 is 0 Å².